The molecule has 0 bridgehead atoms. The molecule has 2 aromatic carbocycles. The minimum Gasteiger partial charge on any atom is -0.352 e. The SMILES string of the molecule is CC1CCC(NC(=O)C(=O)Nc2ccccc2C(=O)NCCc2ccccc2)CC1. The Hall–Kier alpha value is -3.15. The fraction of sp³-hybridized carbons (Fsp3) is 0.375. The van der Waals surface area contributed by atoms with E-state index < -0.39 is 11.8 Å². The normalized spacial score (nSPS) is 18.3. The van der Waals surface area contributed by atoms with Crippen LogP contribution in [0.4, 0.5) is 5.69 Å². The molecular formula is C24H29N3O3. The molecule has 2 aromatic rings. The number of carbonyl (C=O) groups excluding carboxylic acids is 3. The predicted molar refractivity (Wildman–Crippen MR) is 117 cm³/mol. The zero-order valence-electron chi connectivity index (χ0n) is 17.3. The number of nitrogens with one attached hydrogen (secondary N) is 3. The van der Waals surface area contributed by atoms with Crippen molar-refractivity contribution in [2.45, 2.75) is 45.1 Å². The van der Waals surface area contributed by atoms with Crippen molar-refractivity contribution in [1.82, 2.24) is 10.6 Å². The first-order valence-corrected chi connectivity index (χ1v) is 10.6. The van der Waals surface area contributed by atoms with Gasteiger partial charge in [0.1, 0.15) is 0 Å². The van der Waals surface area contributed by atoms with Gasteiger partial charge in [-0.15, -0.1) is 0 Å². The molecule has 0 heterocycles. The van der Waals surface area contributed by atoms with Crippen molar-refractivity contribution in [3.05, 3.63) is 65.7 Å². The van der Waals surface area contributed by atoms with Gasteiger partial charge in [-0.3, -0.25) is 14.4 Å². The number of carbonyl (C=O) groups is 3. The average molecular weight is 408 g/mol. The summed E-state index contributed by atoms with van der Waals surface area (Å²) in [6.07, 6.45) is 4.60. The van der Waals surface area contributed by atoms with Crippen molar-refractivity contribution in [3.8, 4) is 0 Å². The predicted octanol–water partition coefficient (Wildman–Crippen LogP) is 3.29. The molecule has 0 aromatic heterocycles. The van der Waals surface area contributed by atoms with Gasteiger partial charge in [0.15, 0.2) is 0 Å². The van der Waals surface area contributed by atoms with Crippen LogP contribution >= 0.6 is 0 Å². The van der Waals surface area contributed by atoms with E-state index in [1.165, 1.54) is 0 Å². The molecule has 3 rings (SSSR count). The fourth-order valence-electron chi connectivity index (χ4n) is 3.68. The molecule has 3 N–H and O–H groups in total. The summed E-state index contributed by atoms with van der Waals surface area (Å²) in [5.41, 5.74) is 1.79. The lowest BCUT2D eigenvalue weighted by Crippen LogP contribution is -2.43. The first kappa shape index (κ1) is 21.6. The van der Waals surface area contributed by atoms with Crippen LogP contribution in [-0.4, -0.2) is 30.3 Å². The Morgan fingerprint density at radius 3 is 2.27 bits per heavy atom. The highest BCUT2D eigenvalue weighted by Crippen LogP contribution is 2.23. The van der Waals surface area contributed by atoms with E-state index in [4.69, 9.17) is 0 Å². The second-order valence-corrected chi connectivity index (χ2v) is 7.92. The van der Waals surface area contributed by atoms with Gasteiger partial charge in [-0.1, -0.05) is 49.4 Å². The highest BCUT2D eigenvalue weighted by molar-refractivity contribution is 6.40. The van der Waals surface area contributed by atoms with Gasteiger partial charge in [-0.25, -0.2) is 0 Å². The van der Waals surface area contributed by atoms with Gasteiger partial charge in [-0.05, 0) is 55.7 Å². The minimum atomic E-state index is -0.752. The third-order valence-electron chi connectivity index (χ3n) is 5.52. The van der Waals surface area contributed by atoms with E-state index >= 15 is 0 Å². The van der Waals surface area contributed by atoms with Crippen LogP contribution in [0.1, 0.15) is 48.5 Å². The molecular weight excluding hydrogens is 378 g/mol. The van der Waals surface area contributed by atoms with E-state index in [1.54, 1.807) is 24.3 Å². The maximum absolute atomic E-state index is 12.6. The van der Waals surface area contributed by atoms with Gasteiger partial charge >= 0.3 is 11.8 Å². The molecule has 0 radical (unpaired) electrons. The number of hydrogen-bond acceptors (Lipinski definition) is 3. The molecule has 6 nitrogen and oxygen atoms in total. The van der Waals surface area contributed by atoms with Gasteiger partial charge in [-0.2, -0.15) is 0 Å². The standard InChI is InChI=1S/C24H29N3O3/c1-17-11-13-19(14-12-17)26-23(29)24(30)27-21-10-6-5-9-20(21)22(28)25-16-15-18-7-3-2-4-8-18/h2-10,17,19H,11-16H2,1H3,(H,25,28)(H,26,29)(H,27,30). The van der Waals surface area contributed by atoms with Crippen LogP contribution in [0, 0.1) is 5.92 Å². The van der Waals surface area contributed by atoms with Crippen LogP contribution in [0.5, 0.6) is 0 Å². The molecule has 0 unspecified atom stereocenters. The fourth-order valence-corrected chi connectivity index (χ4v) is 3.68. The summed E-state index contributed by atoms with van der Waals surface area (Å²) >= 11 is 0. The molecule has 0 saturated heterocycles. The summed E-state index contributed by atoms with van der Waals surface area (Å²) in [7, 11) is 0. The summed E-state index contributed by atoms with van der Waals surface area (Å²) in [6.45, 7) is 2.68. The number of benzene rings is 2. The summed E-state index contributed by atoms with van der Waals surface area (Å²) in [6, 6.07) is 16.6. The van der Waals surface area contributed by atoms with Crippen LogP contribution < -0.4 is 16.0 Å². The lowest BCUT2D eigenvalue weighted by atomic mass is 9.87. The van der Waals surface area contributed by atoms with Crippen molar-refractivity contribution < 1.29 is 14.4 Å². The summed E-state index contributed by atoms with van der Waals surface area (Å²) in [5, 5.41) is 8.26. The monoisotopic (exact) mass is 407 g/mol. The zero-order chi connectivity index (χ0) is 21.3. The van der Waals surface area contributed by atoms with E-state index in [0.717, 1.165) is 31.2 Å². The molecule has 6 heteroatoms. The number of hydrogen-bond donors (Lipinski definition) is 3. The summed E-state index contributed by atoms with van der Waals surface area (Å²) in [4.78, 5) is 37.2. The average Bonchev–Trinajstić information content (AvgIpc) is 2.76. The molecule has 0 spiro atoms. The molecule has 0 aliphatic heterocycles. The topological polar surface area (TPSA) is 87.3 Å². The third-order valence-corrected chi connectivity index (χ3v) is 5.52. The number of rotatable bonds is 6. The first-order chi connectivity index (χ1) is 14.5. The first-order valence-electron chi connectivity index (χ1n) is 10.6. The molecule has 1 fully saturated rings. The van der Waals surface area contributed by atoms with Crippen molar-refractivity contribution >= 4 is 23.4 Å². The maximum atomic E-state index is 12.6. The van der Waals surface area contributed by atoms with Crippen LogP contribution in [0.3, 0.4) is 0 Å². The molecule has 158 valence electrons. The van der Waals surface area contributed by atoms with E-state index in [0.29, 0.717) is 30.1 Å². The Labute approximate surface area is 177 Å². The van der Waals surface area contributed by atoms with Crippen LogP contribution in [0.25, 0.3) is 0 Å². The number of para-hydroxylation sites is 1. The number of amides is 3. The van der Waals surface area contributed by atoms with E-state index in [2.05, 4.69) is 22.9 Å². The quantitative estimate of drug-likeness (QED) is 0.642. The second kappa shape index (κ2) is 10.6. The van der Waals surface area contributed by atoms with Gasteiger partial charge in [0, 0.05) is 12.6 Å². The van der Waals surface area contributed by atoms with Crippen molar-refractivity contribution in [2.24, 2.45) is 5.92 Å². The Kier molecular flexibility index (Phi) is 7.60. The van der Waals surface area contributed by atoms with Crippen molar-refractivity contribution in [1.29, 1.82) is 0 Å². The summed E-state index contributed by atoms with van der Waals surface area (Å²) in [5.74, 6) is -1.03. The smallest absolute Gasteiger partial charge is 0.313 e. The Bertz CT molecular complexity index is 874. The van der Waals surface area contributed by atoms with Crippen LogP contribution in [0.15, 0.2) is 54.6 Å². The lowest BCUT2D eigenvalue weighted by molar-refractivity contribution is -0.136. The van der Waals surface area contributed by atoms with Crippen LogP contribution in [-0.2, 0) is 16.0 Å². The lowest BCUT2D eigenvalue weighted by Gasteiger charge is -2.26. The van der Waals surface area contributed by atoms with E-state index in [1.807, 2.05) is 30.3 Å². The molecule has 1 aliphatic rings. The van der Waals surface area contributed by atoms with Gasteiger partial charge in [0.05, 0.1) is 11.3 Å². The van der Waals surface area contributed by atoms with Crippen molar-refractivity contribution in [3.63, 3.8) is 0 Å². The third kappa shape index (κ3) is 6.17. The van der Waals surface area contributed by atoms with Gasteiger partial charge in [0.2, 0.25) is 0 Å². The molecule has 1 aliphatic carbocycles. The highest BCUT2D eigenvalue weighted by atomic mass is 16.2. The Morgan fingerprint density at radius 2 is 1.53 bits per heavy atom. The maximum Gasteiger partial charge on any atom is 0.313 e. The zero-order valence-corrected chi connectivity index (χ0v) is 17.3. The van der Waals surface area contributed by atoms with Gasteiger partial charge in [0.25, 0.3) is 5.91 Å². The van der Waals surface area contributed by atoms with E-state index in [-0.39, 0.29) is 11.9 Å². The number of anilines is 1. The molecule has 1 saturated carbocycles. The molecule has 0 atom stereocenters. The van der Waals surface area contributed by atoms with E-state index in [9.17, 15) is 14.4 Å². The largest absolute Gasteiger partial charge is 0.352 e. The second-order valence-electron chi connectivity index (χ2n) is 7.92. The van der Waals surface area contributed by atoms with Crippen LogP contribution in [0.2, 0.25) is 0 Å². The molecule has 3 amide bonds. The van der Waals surface area contributed by atoms with Crippen molar-refractivity contribution in [2.75, 3.05) is 11.9 Å². The highest BCUT2D eigenvalue weighted by Gasteiger charge is 2.23. The molecule has 30 heavy (non-hydrogen) atoms. The minimum absolute atomic E-state index is 0.0379. The summed E-state index contributed by atoms with van der Waals surface area (Å²) < 4.78 is 0. The van der Waals surface area contributed by atoms with Gasteiger partial charge < -0.3 is 16.0 Å². The Balaban J connectivity index is 1.54. The Morgan fingerprint density at radius 1 is 0.867 bits per heavy atom.